The number of carbonyl (C=O) groups excluding carboxylic acids is 1. The smallest absolute Gasteiger partial charge is 0.437 e. The second-order valence-corrected chi connectivity index (χ2v) is 6.09. The maximum atomic E-state index is 13.7. The number of esters is 1. The Morgan fingerprint density at radius 3 is 2.52 bits per heavy atom. The van der Waals surface area contributed by atoms with Crippen LogP contribution in [0.2, 0.25) is 0 Å². The molecule has 150 valence electrons. The number of carbonyl (C=O) groups is 1. The number of benzene rings is 1. The van der Waals surface area contributed by atoms with Gasteiger partial charge in [-0.25, -0.2) is 0 Å². The summed E-state index contributed by atoms with van der Waals surface area (Å²) in [5.74, 6) is -2.87. The molecule has 0 spiro atoms. The molecule has 1 aromatic rings. The number of methoxy groups -OCH3 is 2. The van der Waals surface area contributed by atoms with Gasteiger partial charge in [-0.1, -0.05) is 0 Å². The molecular weight excluding hydrogens is 389 g/mol. The molecule has 1 heterocycles. The number of nitrogens with one attached hydrogen (secondary N) is 2. The maximum Gasteiger partial charge on any atom is 0.437 e. The van der Waals surface area contributed by atoms with Crippen LogP contribution >= 0.6 is 12.2 Å². The van der Waals surface area contributed by atoms with E-state index in [1.165, 1.54) is 39.3 Å². The Balaban J connectivity index is 2.67. The van der Waals surface area contributed by atoms with Gasteiger partial charge in [0.1, 0.15) is 17.4 Å². The van der Waals surface area contributed by atoms with Gasteiger partial charge in [0.25, 0.3) is 5.72 Å². The lowest BCUT2D eigenvalue weighted by Gasteiger charge is -2.45. The molecule has 0 aliphatic carbocycles. The maximum absolute atomic E-state index is 13.7. The fourth-order valence-corrected chi connectivity index (χ4v) is 3.16. The summed E-state index contributed by atoms with van der Waals surface area (Å²) in [6.45, 7) is 1.27. The van der Waals surface area contributed by atoms with Gasteiger partial charge in [0.2, 0.25) is 0 Å². The van der Waals surface area contributed by atoms with Gasteiger partial charge in [-0.2, -0.15) is 13.2 Å². The van der Waals surface area contributed by atoms with E-state index in [4.69, 9.17) is 26.4 Å². The third-order valence-electron chi connectivity index (χ3n) is 4.12. The summed E-state index contributed by atoms with van der Waals surface area (Å²) in [7, 11) is 2.70. The second kappa shape index (κ2) is 7.77. The van der Waals surface area contributed by atoms with Gasteiger partial charge in [0.15, 0.2) is 5.11 Å². The number of halogens is 3. The quantitative estimate of drug-likeness (QED) is 0.501. The van der Waals surface area contributed by atoms with Crippen molar-refractivity contribution in [1.82, 2.24) is 10.6 Å². The molecule has 11 heteroatoms. The van der Waals surface area contributed by atoms with E-state index in [1.54, 1.807) is 5.32 Å². The lowest BCUT2D eigenvalue weighted by atomic mass is 9.81. The van der Waals surface area contributed by atoms with Crippen molar-refractivity contribution < 1.29 is 37.3 Å². The van der Waals surface area contributed by atoms with Crippen molar-refractivity contribution >= 4 is 23.3 Å². The molecule has 3 atom stereocenters. The van der Waals surface area contributed by atoms with E-state index in [1.807, 2.05) is 0 Å². The highest BCUT2D eigenvalue weighted by molar-refractivity contribution is 7.80. The summed E-state index contributed by atoms with van der Waals surface area (Å²) in [6.07, 6.45) is -5.22. The van der Waals surface area contributed by atoms with Gasteiger partial charge in [0, 0.05) is 5.56 Å². The molecule has 3 N–H and O–H groups in total. The van der Waals surface area contributed by atoms with Crippen LogP contribution in [0.4, 0.5) is 13.2 Å². The number of hydrogen-bond acceptors (Lipinski definition) is 6. The Bertz CT molecular complexity index is 730. The molecule has 1 fully saturated rings. The van der Waals surface area contributed by atoms with E-state index < -0.39 is 34.9 Å². The molecule has 0 radical (unpaired) electrons. The van der Waals surface area contributed by atoms with Crippen molar-refractivity contribution in [1.29, 1.82) is 0 Å². The van der Waals surface area contributed by atoms with E-state index in [0.717, 1.165) is 0 Å². The number of hydrogen-bond donors (Lipinski definition) is 3. The summed E-state index contributed by atoms with van der Waals surface area (Å²) in [5, 5.41) is 14.3. The van der Waals surface area contributed by atoms with Gasteiger partial charge in [-0.3, -0.25) is 4.79 Å². The summed E-state index contributed by atoms with van der Waals surface area (Å²) in [6, 6.07) is 3.01. The zero-order valence-corrected chi connectivity index (χ0v) is 15.5. The zero-order valence-electron chi connectivity index (χ0n) is 14.7. The summed E-state index contributed by atoms with van der Waals surface area (Å²) in [4.78, 5) is 12.4. The highest BCUT2D eigenvalue weighted by Crippen LogP contribution is 2.45. The summed E-state index contributed by atoms with van der Waals surface area (Å²) < 4.78 is 56.2. The molecule has 2 rings (SSSR count). The van der Waals surface area contributed by atoms with Crippen molar-refractivity contribution in [2.24, 2.45) is 5.92 Å². The van der Waals surface area contributed by atoms with Crippen LogP contribution in [0.15, 0.2) is 18.2 Å². The summed E-state index contributed by atoms with van der Waals surface area (Å²) >= 11 is 4.84. The third kappa shape index (κ3) is 3.88. The fourth-order valence-electron chi connectivity index (χ4n) is 2.88. The average Bonchev–Trinajstić information content (AvgIpc) is 2.59. The van der Waals surface area contributed by atoms with Crippen LogP contribution in [0.1, 0.15) is 18.5 Å². The SMILES string of the molecule is CCOC(=O)[C@H]1[C@@H](c2cc(OC)ccc2OC)NC(=S)N[C@]1(O)C(F)(F)F. The Morgan fingerprint density at radius 1 is 1.33 bits per heavy atom. The molecule has 27 heavy (non-hydrogen) atoms. The molecule has 1 aliphatic rings. The van der Waals surface area contributed by atoms with Crippen molar-refractivity contribution in [3.63, 3.8) is 0 Å². The Labute approximate surface area is 158 Å². The minimum Gasteiger partial charge on any atom is -0.497 e. The van der Waals surface area contributed by atoms with Crippen molar-refractivity contribution in [3.05, 3.63) is 23.8 Å². The van der Waals surface area contributed by atoms with Gasteiger partial charge in [0.05, 0.1) is 26.9 Å². The van der Waals surface area contributed by atoms with Gasteiger partial charge >= 0.3 is 12.1 Å². The number of alkyl halides is 3. The number of thiocarbonyl (C=S) groups is 1. The Morgan fingerprint density at radius 2 is 2.00 bits per heavy atom. The molecule has 0 unspecified atom stereocenters. The van der Waals surface area contributed by atoms with E-state index in [-0.39, 0.29) is 17.9 Å². The highest BCUT2D eigenvalue weighted by Gasteiger charge is 2.66. The predicted molar refractivity (Wildman–Crippen MR) is 92.3 cm³/mol. The molecular formula is C16H19F3N2O5S. The van der Waals surface area contributed by atoms with Crippen LogP contribution in [-0.2, 0) is 9.53 Å². The van der Waals surface area contributed by atoms with Crippen LogP contribution in [0.5, 0.6) is 11.5 Å². The summed E-state index contributed by atoms with van der Waals surface area (Å²) in [5.41, 5.74) is -3.50. The Kier molecular flexibility index (Phi) is 6.05. The molecule has 1 saturated heterocycles. The molecule has 1 aromatic carbocycles. The first kappa shape index (κ1) is 21.0. The largest absolute Gasteiger partial charge is 0.497 e. The number of rotatable bonds is 5. The lowest BCUT2D eigenvalue weighted by Crippen LogP contribution is -2.73. The molecule has 1 aliphatic heterocycles. The van der Waals surface area contributed by atoms with Crippen LogP contribution in [0, 0.1) is 5.92 Å². The van der Waals surface area contributed by atoms with Crippen LogP contribution in [-0.4, -0.2) is 48.9 Å². The fraction of sp³-hybridized carbons (Fsp3) is 0.500. The zero-order chi connectivity index (χ0) is 20.4. The Hall–Kier alpha value is -2.27. The molecule has 0 aromatic heterocycles. The van der Waals surface area contributed by atoms with E-state index in [0.29, 0.717) is 5.75 Å². The van der Waals surface area contributed by atoms with E-state index in [2.05, 4.69) is 5.32 Å². The van der Waals surface area contributed by atoms with Crippen molar-refractivity contribution in [2.45, 2.75) is 24.9 Å². The topological polar surface area (TPSA) is 89.1 Å². The van der Waals surface area contributed by atoms with Gasteiger partial charge in [-0.15, -0.1) is 0 Å². The van der Waals surface area contributed by atoms with E-state index in [9.17, 15) is 23.1 Å². The molecule has 0 amide bonds. The third-order valence-corrected chi connectivity index (χ3v) is 4.34. The first-order valence-corrected chi connectivity index (χ1v) is 8.26. The number of ether oxygens (including phenoxy) is 3. The molecule has 0 bridgehead atoms. The first-order valence-electron chi connectivity index (χ1n) is 7.85. The van der Waals surface area contributed by atoms with Crippen LogP contribution in [0.25, 0.3) is 0 Å². The minimum atomic E-state index is -5.22. The van der Waals surface area contributed by atoms with Crippen molar-refractivity contribution in [3.8, 4) is 11.5 Å². The number of aliphatic hydroxyl groups is 1. The lowest BCUT2D eigenvalue weighted by molar-refractivity contribution is -0.292. The average molecular weight is 408 g/mol. The molecule has 7 nitrogen and oxygen atoms in total. The highest BCUT2D eigenvalue weighted by atomic mass is 32.1. The predicted octanol–water partition coefficient (Wildman–Crippen LogP) is 1.65. The van der Waals surface area contributed by atoms with Gasteiger partial charge in [-0.05, 0) is 37.3 Å². The van der Waals surface area contributed by atoms with Crippen LogP contribution < -0.4 is 20.1 Å². The monoisotopic (exact) mass is 408 g/mol. The van der Waals surface area contributed by atoms with Gasteiger partial charge < -0.3 is 30.0 Å². The van der Waals surface area contributed by atoms with Crippen LogP contribution in [0.3, 0.4) is 0 Å². The van der Waals surface area contributed by atoms with E-state index >= 15 is 0 Å². The molecule has 0 saturated carbocycles. The second-order valence-electron chi connectivity index (χ2n) is 5.68. The minimum absolute atomic E-state index is 0.140. The normalized spacial score (nSPS) is 25.2. The first-order chi connectivity index (χ1) is 12.6. The van der Waals surface area contributed by atoms with Crippen molar-refractivity contribution in [2.75, 3.05) is 20.8 Å². The standard InChI is InChI=1S/C16H19F3N2O5S/c1-4-26-13(22)11-12(9-7-8(24-2)5-6-10(9)25-3)20-14(27)21-15(11,23)16(17,18)19/h5-7,11-12,23H,4H2,1-3H3,(H2,20,21,27)/t11-,12-,15-/m1/s1.